The van der Waals surface area contributed by atoms with E-state index in [1.807, 2.05) is 18.2 Å². The lowest BCUT2D eigenvalue weighted by Crippen LogP contribution is -2.21. The van der Waals surface area contributed by atoms with Gasteiger partial charge in [-0.1, -0.05) is 43.9 Å². The van der Waals surface area contributed by atoms with Gasteiger partial charge in [0.15, 0.2) is 0 Å². The number of aliphatic hydroxyl groups excluding tert-OH is 1. The van der Waals surface area contributed by atoms with Crippen molar-refractivity contribution in [2.24, 2.45) is 11.8 Å². The highest BCUT2D eigenvalue weighted by Crippen LogP contribution is 2.39. The fourth-order valence-electron chi connectivity index (χ4n) is 2.96. The quantitative estimate of drug-likeness (QED) is 0.791. The van der Waals surface area contributed by atoms with Crippen LogP contribution in [0.2, 0.25) is 5.02 Å². The number of hydrogen-bond donors (Lipinski definition) is 1. The van der Waals surface area contributed by atoms with E-state index in [0.717, 1.165) is 28.8 Å². The van der Waals surface area contributed by atoms with Crippen LogP contribution in [0.15, 0.2) is 22.7 Å². The summed E-state index contributed by atoms with van der Waals surface area (Å²) in [7, 11) is 0. The molecule has 0 heterocycles. The van der Waals surface area contributed by atoms with Crippen molar-refractivity contribution in [2.75, 3.05) is 0 Å². The van der Waals surface area contributed by atoms with E-state index in [9.17, 15) is 5.11 Å². The van der Waals surface area contributed by atoms with Gasteiger partial charge in [0.05, 0.1) is 11.1 Å². The molecule has 0 aliphatic heterocycles. The average Bonchev–Trinajstić information content (AvgIpc) is 2.41. The van der Waals surface area contributed by atoms with Crippen LogP contribution >= 0.6 is 27.5 Å². The maximum Gasteiger partial charge on any atom is 0.0818 e. The highest BCUT2D eigenvalue weighted by Gasteiger charge is 2.27. The Hall–Kier alpha value is -0.0500. The van der Waals surface area contributed by atoms with Gasteiger partial charge in [-0.15, -0.1) is 0 Å². The Kier molecular flexibility index (Phi) is 5.11. The standard InChI is InChI=1S/C15H20BrClO/c1-2-10-4-3-5-11(8-10)15(18)12-6-7-13(16)14(17)9-12/h6-7,9-11,15,18H,2-5,8H2,1H3. The SMILES string of the molecule is CCC1CCCC(C(O)c2ccc(Br)c(Cl)c2)C1. The van der Waals surface area contributed by atoms with E-state index in [2.05, 4.69) is 22.9 Å². The maximum absolute atomic E-state index is 10.5. The Morgan fingerprint density at radius 1 is 1.44 bits per heavy atom. The second-order valence-corrected chi connectivity index (χ2v) is 6.58. The van der Waals surface area contributed by atoms with Crippen LogP contribution in [0.3, 0.4) is 0 Å². The fraction of sp³-hybridized carbons (Fsp3) is 0.600. The number of hydrogen-bond acceptors (Lipinski definition) is 1. The highest BCUT2D eigenvalue weighted by atomic mass is 79.9. The van der Waals surface area contributed by atoms with Crippen LogP contribution in [0.25, 0.3) is 0 Å². The van der Waals surface area contributed by atoms with Gasteiger partial charge in [0.2, 0.25) is 0 Å². The van der Waals surface area contributed by atoms with Crippen LogP contribution < -0.4 is 0 Å². The summed E-state index contributed by atoms with van der Waals surface area (Å²) in [6.07, 6.45) is 5.69. The molecular formula is C15H20BrClO. The van der Waals surface area contributed by atoms with E-state index in [-0.39, 0.29) is 6.10 Å². The van der Waals surface area contributed by atoms with Crippen LogP contribution in [0, 0.1) is 11.8 Å². The van der Waals surface area contributed by atoms with Crippen molar-refractivity contribution in [1.82, 2.24) is 0 Å². The van der Waals surface area contributed by atoms with Gasteiger partial charge in [-0.25, -0.2) is 0 Å². The Balaban J connectivity index is 2.10. The summed E-state index contributed by atoms with van der Waals surface area (Å²) in [5.41, 5.74) is 0.949. The van der Waals surface area contributed by atoms with Gasteiger partial charge in [-0.2, -0.15) is 0 Å². The molecule has 1 aliphatic rings. The first-order chi connectivity index (χ1) is 8.61. The zero-order chi connectivity index (χ0) is 13.1. The van der Waals surface area contributed by atoms with Gasteiger partial charge >= 0.3 is 0 Å². The Labute approximate surface area is 123 Å². The minimum absolute atomic E-state index is 0.370. The molecule has 3 unspecified atom stereocenters. The summed E-state index contributed by atoms with van der Waals surface area (Å²) in [5, 5.41) is 11.2. The first kappa shape index (κ1) is 14.4. The van der Waals surface area contributed by atoms with Crippen LogP contribution in [-0.2, 0) is 0 Å². The second-order valence-electron chi connectivity index (χ2n) is 5.32. The summed E-state index contributed by atoms with van der Waals surface area (Å²) in [5.74, 6) is 1.17. The predicted octanol–water partition coefficient (Wildman–Crippen LogP) is 5.35. The number of benzene rings is 1. The molecule has 2 rings (SSSR count). The molecule has 1 fully saturated rings. The van der Waals surface area contributed by atoms with E-state index < -0.39 is 0 Å². The van der Waals surface area contributed by atoms with Gasteiger partial charge < -0.3 is 5.11 Å². The lowest BCUT2D eigenvalue weighted by molar-refractivity contribution is 0.0678. The molecule has 0 aromatic heterocycles. The molecule has 3 atom stereocenters. The molecule has 1 N–H and O–H groups in total. The van der Waals surface area contributed by atoms with E-state index in [1.165, 1.54) is 19.3 Å². The first-order valence-corrected chi connectivity index (χ1v) is 7.92. The van der Waals surface area contributed by atoms with Gasteiger partial charge in [0, 0.05) is 4.47 Å². The zero-order valence-electron chi connectivity index (χ0n) is 10.7. The van der Waals surface area contributed by atoms with Gasteiger partial charge in [-0.3, -0.25) is 0 Å². The van der Waals surface area contributed by atoms with Crippen molar-refractivity contribution in [1.29, 1.82) is 0 Å². The number of aliphatic hydroxyl groups is 1. The van der Waals surface area contributed by atoms with Gasteiger partial charge in [0.25, 0.3) is 0 Å². The predicted molar refractivity (Wildman–Crippen MR) is 79.9 cm³/mol. The molecule has 1 saturated carbocycles. The van der Waals surface area contributed by atoms with Crippen molar-refractivity contribution >= 4 is 27.5 Å². The van der Waals surface area contributed by atoms with Gasteiger partial charge in [-0.05, 0) is 58.3 Å². The third-order valence-corrected chi connectivity index (χ3v) is 5.36. The lowest BCUT2D eigenvalue weighted by atomic mass is 9.76. The molecule has 0 radical (unpaired) electrons. The topological polar surface area (TPSA) is 20.2 Å². The third-order valence-electron chi connectivity index (χ3n) is 4.13. The van der Waals surface area contributed by atoms with E-state index in [4.69, 9.17) is 11.6 Å². The van der Waals surface area contributed by atoms with Crippen LogP contribution in [0.1, 0.15) is 50.7 Å². The summed E-state index contributed by atoms with van der Waals surface area (Å²) < 4.78 is 0.884. The minimum Gasteiger partial charge on any atom is -0.388 e. The summed E-state index contributed by atoms with van der Waals surface area (Å²) in [6, 6.07) is 5.77. The molecule has 1 aliphatic carbocycles. The molecule has 0 saturated heterocycles. The smallest absolute Gasteiger partial charge is 0.0818 e. The van der Waals surface area contributed by atoms with E-state index in [1.54, 1.807) is 0 Å². The third kappa shape index (κ3) is 3.28. The number of rotatable bonds is 3. The van der Waals surface area contributed by atoms with Crippen LogP contribution in [0.5, 0.6) is 0 Å². The molecule has 0 spiro atoms. The summed E-state index contributed by atoms with van der Waals surface area (Å²) in [6.45, 7) is 2.25. The lowest BCUT2D eigenvalue weighted by Gasteiger charge is -2.32. The van der Waals surface area contributed by atoms with E-state index in [0.29, 0.717) is 10.9 Å². The maximum atomic E-state index is 10.5. The molecular weight excluding hydrogens is 312 g/mol. The van der Waals surface area contributed by atoms with Crippen LogP contribution in [0.4, 0.5) is 0 Å². The first-order valence-electron chi connectivity index (χ1n) is 6.74. The zero-order valence-corrected chi connectivity index (χ0v) is 13.0. The summed E-state index contributed by atoms with van der Waals surface area (Å²) >= 11 is 9.48. The van der Waals surface area contributed by atoms with Gasteiger partial charge in [0.1, 0.15) is 0 Å². The minimum atomic E-state index is -0.370. The molecule has 3 heteroatoms. The highest BCUT2D eigenvalue weighted by molar-refractivity contribution is 9.10. The van der Waals surface area contributed by atoms with Crippen molar-refractivity contribution in [3.05, 3.63) is 33.3 Å². The molecule has 0 bridgehead atoms. The van der Waals surface area contributed by atoms with Crippen LogP contribution in [-0.4, -0.2) is 5.11 Å². The Morgan fingerprint density at radius 2 is 2.22 bits per heavy atom. The molecule has 1 aromatic carbocycles. The fourth-order valence-corrected chi connectivity index (χ4v) is 3.39. The molecule has 1 nitrogen and oxygen atoms in total. The molecule has 18 heavy (non-hydrogen) atoms. The average molecular weight is 332 g/mol. The molecule has 1 aromatic rings. The summed E-state index contributed by atoms with van der Waals surface area (Å²) in [4.78, 5) is 0. The molecule has 100 valence electrons. The van der Waals surface area contributed by atoms with Crippen molar-refractivity contribution in [2.45, 2.75) is 45.1 Å². The largest absolute Gasteiger partial charge is 0.388 e. The Morgan fingerprint density at radius 3 is 2.89 bits per heavy atom. The molecule has 0 amide bonds. The number of halogens is 2. The second kappa shape index (κ2) is 6.40. The van der Waals surface area contributed by atoms with Crippen molar-refractivity contribution < 1.29 is 5.11 Å². The van der Waals surface area contributed by atoms with Crippen molar-refractivity contribution in [3.63, 3.8) is 0 Å². The monoisotopic (exact) mass is 330 g/mol. The normalized spacial score (nSPS) is 26.0. The van der Waals surface area contributed by atoms with E-state index >= 15 is 0 Å². The van der Waals surface area contributed by atoms with Crippen molar-refractivity contribution in [3.8, 4) is 0 Å². The Bertz CT molecular complexity index is 407.